The van der Waals surface area contributed by atoms with Crippen molar-refractivity contribution in [1.29, 1.82) is 0 Å². The molecule has 0 aliphatic rings. The molecular weight excluding hydrogens is 1190 g/mol. The van der Waals surface area contributed by atoms with E-state index in [1.807, 2.05) is 0 Å². The number of phosphoric acid groups is 2. The molecule has 0 aliphatic carbocycles. The smallest absolute Gasteiger partial charge is 0.462 e. The predicted molar refractivity (Wildman–Crippen MR) is 363 cm³/mol. The first kappa shape index (κ1) is 88.1. The monoisotopic (exact) mass is 1320 g/mol. The van der Waals surface area contributed by atoms with E-state index >= 15 is 0 Å². The van der Waals surface area contributed by atoms with Gasteiger partial charge in [0.2, 0.25) is 0 Å². The fraction of sp³-hybridized carbons (Fsp3) is 0.944. The van der Waals surface area contributed by atoms with Crippen LogP contribution in [0.2, 0.25) is 0 Å². The Hall–Kier alpha value is -1.94. The van der Waals surface area contributed by atoms with Crippen molar-refractivity contribution in [2.24, 2.45) is 23.7 Å². The molecule has 0 heterocycles. The number of ether oxygens (including phenoxy) is 4. The minimum atomic E-state index is -4.95. The van der Waals surface area contributed by atoms with E-state index in [9.17, 15) is 43.2 Å². The molecule has 90 heavy (non-hydrogen) atoms. The molecular formula is C71H138O17P2. The summed E-state index contributed by atoms with van der Waals surface area (Å²) in [6, 6.07) is 0. The number of carbonyl (C=O) groups is 4. The van der Waals surface area contributed by atoms with E-state index in [4.69, 9.17) is 37.0 Å². The summed E-state index contributed by atoms with van der Waals surface area (Å²) >= 11 is 0. The highest BCUT2D eigenvalue weighted by atomic mass is 31.2. The topological polar surface area (TPSA) is 237 Å². The molecule has 0 bridgehead atoms. The Labute approximate surface area is 549 Å². The molecule has 17 nitrogen and oxygen atoms in total. The van der Waals surface area contributed by atoms with Crippen molar-refractivity contribution in [3.8, 4) is 0 Å². The summed E-state index contributed by atoms with van der Waals surface area (Å²) in [6.45, 7) is 14.0. The zero-order chi connectivity index (χ0) is 66.8. The number of hydrogen-bond acceptors (Lipinski definition) is 15. The molecule has 6 atom stereocenters. The lowest BCUT2D eigenvalue weighted by Gasteiger charge is -2.21. The number of aliphatic hydroxyl groups is 1. The van der Waals surface area contributed by atoms with Gasteiger partial charge in [0.1, 0.15) is 19.3 Å². The summed E-state index contributed by atoms with van der Waals surface area (Å²) in [6.07, 6.45) is 43.3. The highest BCUT2D eigenvalue weighted by Crippen LogP contribution is 2.45. The van der Waals surface area contributed by atoms with E-state index in [-0.39, 0.29) is 25.7 Å². The van der Waals surface area contributed by atoms with Gasteiger partial charge in [-0.25, -0.2) is 9.13 Å². The van der Waals surface area contributed by atoms with Crippen molar-refractivity contribution >= 4 is 39.5 Å². The average molecular weight is 1330 g/mol. The molecule has 0 aromatic rings. The van der Waals surface area contributed by atoms with Crippen LogP contribution in [0.1, 0.15) is 351 Å². The van der Waals surface area contributed by atoms with Gasteiger partial charge in [-0.1, -0.05) is 299 Å². The largest absolute Gasteiger partial charge is 0.472 e. The standard InChI is InChI=1S/C71H138O17P2/c1-9-64(8)50-42-34-25-20-21-27-38-46-54-71(76)88-67(58-82-69(74)52-44-36-30-29-33-41-49-63(6)7)60-86-90(79,80)84-56-65(72)55-83-89(77,78)85-59-66(57-81-68(73)51-43-35-28-22-24-32-40-48-62(4)5)87-70(75)53-45-37-26-19-17-15-13-11-10-12-14-16-18-23-31-39-47-61(2)3/h61-67,72H,9-60H2,1-8H3,(H,77,78)(H,79,80)/t64?,65?,66-,67-/m1/s1. The van der Waals surface area contributed by atoms with Crippen LogP contribution in [0, 0.1) is 23.7 Å². The molecule has 0 rings (SSSR count). The number of phosphoric ester groups is 2. The molecule has 0 spiro atoms. The Balaban J connectivity index is 5.20. The van der Waals surface area contributed by atoms with E-state index in [1.54, 1.807) is 0 Å². The van der Waals surface area contributed by atoms with Gasteiger partial charge in [-0.3, -0.25) is 37.3 Å². The van der Waals surface area contributed by atoms with Gasteiger partial charge in [-0.15, -0.1) is 0 Å². The maximum atomic E-state index is 13.0. The van der Waals surface area contributed by atoms with Gasteiger partial charge in [0.05, 0.1) is 26.4 Å². The van der Waals surface area contributed by atoms with Crippen LogP contribution in [-0.4, -0.2) is 96.7 Å². The molecule has 3 N–H and O–H groups in total. The predicted octanol–water partition coefficient (Wildman–Crippen LogP) is 20.1. The number of hydrogen-bond donors (Lipinski definition) is 3. The Kier molecular flexibility index (Phi) is 59.4. The van der Waals surface area contributed by atoms with Crippen LogP contribution >= 0.6 is 15.6 Å². The van der Waals surface area contributed by atoms with Crippen molar-refractivity contribution in [2.75, 3.05) is 39.6 Å². The molecule has 0 radical (unpaired) electrons. The average Bonchev–Trinajstić information content (AvgIpc) is 2.98. The second-order valence-corrected chi connectivity index (χ2v) is 30.2. The summed E-state index contributed by atoms with van der Waals surface area (Å²) in [7, 11) is -9.90. The summed E-state index contributed by atoms with van der Waals surface area (Å²) in [4.78, 5) is 72.5. The first-order valence-electron chi connectivity index (χ1n) is 36.7. The van der Waals surface area contributed by atoms with E-state index in [2.05, 4.69) is 55.4 Å². The lowest BCUT2D eigenvalue weighted by atomic mass is 9.99. The van der Waals surface area contributed by atoms with Gasteiger partial charge >= 0.3 is 39.5 Å². The second-order valence-electron chi connectivity index (χ2n) is 27.3. The van der Waals surface area contributed by atoms with Crippen molar-refractivity contribution < 1.29 is 80.2 Å². The van der Waals surface area contributed by atoms with E-state index in [0.717, 1.165) is 115 Å². The van der Waals surface area contributed by atoms with Gasteiger partial charge in [-0.05, 0) is 49.4 Å². The number of esters is 4. The summed E-state index contributed by atoms with van der Waals surface area (Å²) in [5.41, 5.74) is 0. The van der Waals surface area contributed by atoms with Gasteiger partial charge < -0.3 is 33.8 Å². The second kappa shape index (κ2) is 60.7. The zero-order valence-corrected chi connectivity index (χ0v) is 60.6. The zero-order valence-electron chi connectivity index (χ0n) is 58.8. The molecule has 0 aromatic heterocycles. The third-order valence-electron chi connectivity index (χ3n) is 16.7. The third kappa shape index (κ3) is 63.5. The maximum Gasteiger partial charge on any atom is 0.472 e. The van der Waals surface area contributed by atoms with Gasteiger partial charge in [0.15, 0.2) is 12.2 Å². The molecule has 0 aromatic carbocycles. The van der Waals surface area contributed by atoms with Crippen LogP contribution in [0.4, 0.5) is 0 Å². The Morgan fingerprint density at radius 1 is 0.311 bits per heavy atom. The Morgan fingerprint density at radius 3 is 0.789 bits per heavy atom. The fourth-order valence-electron chi connectivity index (χ4n) is 10.6. The molecule has 0 fully saturated rings. The van der Waals surface area contributed by atoms with Crippen molar-refractivity contribution in [2.45, 2.75) is 369 Å². The summed E-state index contributed by atoms with van der Waals surface area (Å²) < 4.78 is 68.2. The highest BCUT2D eigenvalue weighted by molar-refractivity contribution is 7.47. The first-order chi connectivity index (χ1) is 43.1. The van der Waals surface area contributed by atoms with Crippen LogP contribution in [0.15, 0.2) is 0 Å². The van der Waals surface area contributed by atoms with Crippen molar-refractivity contribution in [3.05, 3.63) is 0 Å². The Bertz CT molecular complexity index is 1780. The minimum Gasteiger partial charge on any atom is -0.462 e. The van der Waals surface area contributed by atoms with Crippen LogP contribution in [-0.2, 0) is 65.4 Å². The molecule has 0 saturated carbocycles. The number of carbonyl (C=O) groups excluding carboxylic acids is 4. The summed E-state index contributed by atoms with van der Waals surface area (Å²) in [5, 5.41) is 10.6. The molecule has 19 heteroatoms. The van der Waals surface area contributed by atoms with Gasteiger partial charge in [-0.2, -0.15) is 0 Å². The van der Waals surface area contributed by atoms with E-state index in [1.165, 1.54) is 141 Å². The number of rotatable bonds is 68. The van der Waals surface area contributed by atoms with Crippen LogP contribution < -0.4 is 0 Å². The third-order valence-corrected chi connectivity index (χ3v) is 18.6. The lowest BCUT2D eigenvalue weighted by molar-refractivity contribution is -0.161. The molecule has 0 aliphatic heterocycles. The van der Waals surface area contributed by atoms with Crippen LogP contribution in [0.25, 0.3) is 0 Å². The molecule has 0 saturated heterocycles. The number of unbranched alkanes of at least 4 members (excludes halogenated alkanes) is 33. The fourth-order valence-corrected chi connectivity index (χ4v) is 12.2. The van der Waals surface area contributed by atoms with Crippen LogP contribution in [0.5, 0.6) is 0 Å². The normalized spacial score (nSPS) is 14.6. The van der Waals surface area contributed by atoms with Gasteiger partial charge in [0, 0.05) is 25.7 Å². The molecule has 534 valence electrons. The minimum absolute atomic E-state index is 0.103. The van der Waals surface area contributed by atoms with E-state index < -0.39 is 97.5 Å². The molecule has 4 unspecified atom stereocenters. The maximum absolute atomic E-state index is 13.0. The van der Waals surface area contributed by atoms with Crippen molar-refractivity contribution in [1.82, 2.24) is 0 Å². The lowest BCUT2D eigenvalue weighted by Crippen LogP contribution is -2.30. The van der Waals surface area contributed by atoms with E-state index in [0.29, 0.717) is 37.5 Å². The highest BCUT2D eigenvalue weighted by Gasteiger charge is 2.30. The number of aliphatic hydroxyl groups excluding tert-OH is 1. The molecule has 0 amide bonds. The van der Waals surface area contributed by atoms with Crippen molar-refractivity contribution in [3.63, 3.8) is 0 Å². The summed E-state index contributed by atoms with van der Waals surface area (Å²) in [5.74, 6) is 0.831. The Morgan fingerprint density at radius 2 is 0.533 bits per heavy atom. The quantitative estimate of drug-likeness (QED) is 0.0222. The first-order valence-corrected chi connectivity index (χ1v) is 39.7. The SMILES string of the molecule is CCC(C)CCCCCCCCCCC(=O)O[C@H](COC(=O)CCCCCCCCC(C)C)COP(=O)(O)OCC(O)COP(=O)(O)OC[C@@H](COC(=O)CCCCCCCCCC(C)C)OC(=O)CCCCCCCCCCCCCCCCCCC(C)C. The van der Waals surface area contributed by atoms with Gasteiger partial charge in [0.25, 0.3) is 0 Å². The van der Waals surface area contributed by atoms with Crippen LogP contribution in [0.3, 0.4) is 0 Å².